The van der Waals surface area contributed by atoms with Crippen molar-refractivity contribution in [2.75, 3.05) is 6.61 Å². The molecule has 0 aromatic heterocycles. The first kappa shape index (κ1) is 11.8. The van der Waals surface area contributed by atoms with E-state index >= 15 is 0 Å². The molecule has 1 aromatic rings. The standard InChI is InChI=1S/C13H18O2/c1-6-15-13-11(5)9(3)8(2)10(4)12(13)7-14/h7H,6H2,1-5H3. The molecule has 0 aliphatic heterocycles. The number of aldehydes is 1. The minimum Gasteiger partial charge on any atom is -0.493 e. The van der Waals surface area contributed by atoms with Gasteiger partial charge in [0.25, 0.3) is 0 Å². The first-order valence-corrected chi connectivity index (χ1v) is 5.22. The highest BCUT2D eigenvalue weighted by Crippen LogP contribution is 2.31. The van der Waals surface area contributed by atoms with E-state index < -0.39 is 0 Å². The third-order valence-corrected chi connectivity index (χ3v) is 3.08. The van der Waals surface area contributed by atoms with E-state index in [1.54, 1.807) is 0 Å². The van der Waals surface area contributed by atoms with E-state index in [0.29, 0.717) is 12.2 Å². The number of benzene rings is 1. The normalized spacial score (nSPS) is 10.2. The average Bonchev–Trinajstić information content (AvgIpc) is 2.24. The zero-order valence-corrected chi connectivity index (χ0v) is 10.1. The van der Waals surface area contributed by atoms with Crippen LogP contribution in [0.5, 0.6) is 5.75 Å². The van der Waals surface area contributed by atoms with Crippen LogP contribution < -0.4 is 4.74 Å². The molecule has 0 amide bonds. The summed E-state index contributed by atoms with van der Waals surface area (Å²) >= 11 is 0. The van der Waals surface area contributed by atoms with Gasteiger partial charge in [0, 0.05) is 0 Å². The van der Waals surface area contributed by atoms with Crippen molar-refractivity contribution in [3.05, 3.63) is 27.8 Å². The van der Waals surface area contributed by atoms with Crippen LogP contribution in [0.25, 0.3) is 0 Å². The van der Waals surface area contributed by atoms with Crippen LogP contribution in [0.4, 0.5) is 0 Å². The van der Waals surface area contributed by atoms with Crippen LogP contribution in [0.2, 0.25) is 0 Å². The minimum atomic E-state index is 0.587. The monoisotopic (exact) mass is 206 g/mol. The summed E-state index contributed by atoms with van der Waals surface area (Å²) in [6.45, 7) is 10.6. The third-order valence-electron chi connectivity index (χ3n) is 3.08. The first-order chi connectivity index (χ1) is 7.04. The van der Waals surface area contributed by atoms with Gasteiger partial charge in [0.2, 0.25) is 0 Å². The Bertz CT molecular complexity index is 392. The van der Waals surface area contributed by atoms with Gasteiger partial charge in [-0.25, -0.2) is 0 Å². The summed E-state index contributed by atoms with van der Waals surface area (Å²) in [5.41, 5.74) is 5.18. The van der Waals surface area contributed by atoms with Crippen molar-refractivity contribution in [1.29, 1.82) is 0 Å². The van der Waals surface area contributed by atoms with Gasteiger partial charge in [0.15, 0.2) is 6.29 Å². The van der Waals surface area contributed by atoms with Crippen molar-refractivity contribution in [2.24, 2.45) is 0 Å². The number of carbonyl (C=O) groups excluding carboxylic acids is 1. The molecule has 1 aromatic carbocycles. The number of carbonyl (C=O) groups is 1. The van der Waals surface area contributed by atoms with Crippen molar-refractivity contribution >= 4 is 6.29 Å². The fourth-order valence-electron chi connectivity index (χ4n) is 1.78. The molecule has 2 heteroatoms. The second-order valence-electron chi connectivity index (χ2n) is 3.79. The largest absolute Gasteiger partial charge is 0.493 e. The van der Waals surface area contributed by atoms with Crippen LogP contribution in [-0.4, -0.2) is 12.9 Å². The zero-order valence-electron chi connectivity index (χ0n) is 10.1. The summed E-state index contributed by atoms with van der Waals surface area (Å²) in [6.07, 6.45) is 0.889. The predicted octanol–water partition coefficient (Wildman–Crippen LogP) is 3.13. The molecule has 0 saturated heterocycles. The van der Waals surface area contributed by atoms with Crippen LogP contribution in [0, 0.1) is 27.7 Å². The predicted molar refractivity (Wildman–Crippen MR) is 61.9 cm³/mol. The summed E-state index contributed by atoms with van der Waals surface area (Å²) in [5, 5.41) is 0. The Morgan fingerprint density at radius 1 is 1.00 bits per heavy atom. The fourth-order valence-corrected chi connectivity index (χ4v) is 1.78. The Morgan fingerprint density at radius 2 is 1.53 bits per heavy atom. The maximum Gasteiger partial charge on any atom is 0.154 e. The van der Waals surface area contributed by atoms with E-state index in [0.717, 1.165) is 23.2 Å². The van der Waals surface area contributed by atoms with E-state index in [2.05, 4.69) is 6.92 Å². The maximum absolute atomic E-state index is 11.1. The smallest absolute Gasteiger partial charge is 0.154 e. The van der Waals surface area contributed by atoms with E-state index in [1.165, 1.54) is 11.1 Å². The van der Waals surface area contributed by atoms with Gasteiger partial charge in [0.1, 0.15) is 5.75 Å². The minimum absolute atomic E-state index is 0.587. The lowest BCUT2D eigenvalue weighted by Gasteiger charge is -2.17. The van der Waals surface area contributed by atoms with Gasteiger partial charge in [-0.05, 0) is 56.9 Å². The molecule has 0 unspecified atom stereocenters. The van der Waals surface area contributed by atoms with Crippen LogP contribution in [0.1, 0.15) is 39.5 Å². The zero-order chi connectivity index (χ0) is 11.6. The van der Waals surface area contributed by atoms with E-state index in [-0.39, 0.29) is 0 Å². The highest BCUT2D eigenvalue weighted by atomic mass is 16.5. The summed E-state index contributed by atoms with van der Waals surface area (Å²) in [7, 11) is 0. The number of hydrogen-bond acceptors (Lipinski definition) is 2. The molecule has 0 aliphatic rings. The van der Waals surface area contributed by atoms with Gasteiger partial charge < -0.3 is 4.74 Å². The lowest BCUT2D eigenvalue weighted by atomic mass is 9.94. The average molecular weight is 206 g/mol. The van der Waals surface area contributed by atoms with E-state index in [1.807, 2.05) is 27.7 Å². The Balaban J connectivity index is 3.54. The van der Waals surface area contributed by atoms with Crippen molar-refractivity contribution in [2.45, 2.75) is 34.6 Å². The van der Waals surface area contributed by atoms with Gasteiger partial charge in [-0.15, -0.1) is 0 Å². The summed E-state index contributed by atoms with van der Waals surface area (Å²) in [6, 6.07) is 0. The fraction of sp³-hybridized carbons (Fsp3) is 0.462. The summed E-state index contributed by atoms with van der Waals surface area (Å²) in [4.78, 5) is 11.1. The van der Waals surface area contributed by atoms with Gasteiger partial charge in [-0.3, -0.25) is 4.79 Å². The molecule has 1 rings (SSSR count). The molecule has 0 spiro atoms. The van der Waals surface area contributed by atoms with Crippen LogP contribution in [0.15, 0.2) is 0 Å². The first-order valence-electron chi connectivity index (χ1n) is 5.22. The van der Waals surface area contributed by atoms with Crippen molar-refractivity contribution < 1.29 is 9.53 Å². The third kappa shape index (κ3) is 1.89. The maximum atomic E-state index is 11.1. The quantitative estimate of drug-likeness (QED) is 0.710. The van der Waals surface area contributed by atoms with Gasteiger partial charge >= 0.3 is 0 Å². The molecule has 0 heterocycles. The molecule has 0 N–H and O–H groups in total. The highest BCUT2D eigenvalue weighted by molar-refractivity contribution is 5.84. The number of ether oxygens (including phenoxy) is 1. The summed E-state index contributed by atoms with van der Waals surface area (Å²) < 4.78 is 5.54. The molecule has 0 fully saturated rings. The molecular formula is C13H18O2. The Morgan fingerprint density at radius 3 is 2.00 bits per heavy atom. The Hall–Kier alpha value is -1.31. The second kappa shape index (κ2) is 4.47. The molecule has 82 valence electrons. The van der Waals surface area contributed by atoms with Crippen LogP contribution in [-0.2, 0) is 0 Å². The summed E-state index contributed by atoms with van der Waals surface area (Å²) in [5.74, 6) is 0.744. The lowest BCUT2D eigenvalue weighted by Crippen LogP contribution is -2.04. The molecule has 0 radical (unpaired) electrons. The highest BCUT2D eigenvalue weighted by Gasteiger charge is 2.15. The molecule has 2 nitrogen and oxygen atoms in total. The molecule has 15 heavy (non-hydrogen) atoms. The van der Waals surface area contributed by atoms with E-state index in [4.69, 9.17) is 4.74 Å². The number of hydrogen-bond donors (Lipinski definition) is 0. The Labute approximate surface area is 91.3 Å². The van der Waals surface area contributed by atoms with Crippen molar-refractivity contribution in [3.8, 4) is 5.75 Å². The van der Waals surface area contributed by atoms with Crippen molar-refractivity contribution in [1.82, 2.24) is 0 Å². The molecule has 0 bridgehead atoms. The van der Waals surface area contributed by atoms with Gasteiger partial charge in [0.05, 0.1) is 12.2 Å². The lowest BCUT2D eigenvalue weighted by molar-refractivity contribution is 0.111. The van der Waals surface area contributed by atoms with Crippen LogP contribution in [0.3, 0.4) is 0 Å². The van der Waals surface area contributed by atoms with Gasteiger partial charge in [-0.2, -0.15) is 0 Å². The SMILES string of the molecule is CCOc1c(C)c(C)c(C)c(C)c1C=O. The van der Waals surface area contributed by atoms with Gasteiger partial charge in [-0.1, -0.05) is 0 Å². The molecular weight excluding hydrogens is 188 g/mol. The molecule has 0 aliphatic carbocycles. The van der Waals surface area contributed by atoms with Crippen molar-refractivity contribution in [3.63, 3.8) is 0 Å². The van der Waals surface area contributed by atoms with Crippen LogP contribution >= 0.6 is 0 Å². The number of rotatable bonds is 3. The molecule has 0 saturated carbocycles. The topological polar surface area (TPSA) is 26.3 Å². The molecule has 0 atom stereocenters. The second-order valence-corrected chi connectivity index (χ2v) is 3.79. The van der Waals surface area contributed by atoms with E-state index in [9.17, 15) is 4.79 Å². The Kier molecular flexibility index (Phi) is 3.51.